The van der Waals surface area contributed by atoms with Gasteiger partial charge in [-0.1, -0.05) is 0 Å². The molecular formula is C10H16ClNS. The van der Waals surface area contributed by atoms with Crippen molar-refractivity contribution in [2.75, 3.05) is 13.1 Å². The normalized spacial score (nSPS) is 21.5. The van der Waals surface area contributed by atoms with Crippen molar-refractivity contribution in [2.45, 2.75) is 19.8 Å². The molecule has 74 valence electrons. The van der Waals surface area contributed by atoms with Crippen molar-refractivity contribution in [1.29, 1.82) is 0 Å². The molecule has 1 unspecified atom stereocenters. The molecule has 1 saturated heterocycles. The maximum Gasteiger partial charge on any atom is 0.00513 e. The van der Waals surface area contributed by atoms with Crippen molar-refractivity contribution in [2.24, 2.45) is 5.92 Å². The molecule has 1 aliphatic heterocycles. The van der Waals surface area contributed by atoms with E-state index in [0.29, 0.717) is 0 Å². The van der Waals surface area contributed by atoms with Crippen LogP contribution in [0, 0.1) is 12.8 Å². The lowest BCUT2D eigenvalue weighted by molar-refractivity contribution is 0.585. The van der Waals surface area contributed by atoms with Gasteiger partial charge in [-0.3, -0.25) is 0 Å². The van der Waals surface area contributed by atoms with Gasteiger partial charge in [-0.2, -0.15) is 0 Å². The van der Waals surface area contributed by atoms with Crippen molar-refractivity contribution in [3.63, 3.8) is 0 Å². The fraction of sp³-hybridized carbons (Fsp3) is 0.600. The summed E-state index contributed by atoms with van der Waals surface area (Å²) in [6.45, 7) is 4.62. The summed E-state index contributed by atoms with van der Waals surface area (Å²) < 4.78 is 0. The second-order valence-electron chi connectivity index (χ2n) is 3.58. The highest BCUT2D eigenvalue weighted by molar-refractivity contribution is 7.11. The first-order chi connectivity index (χ1) is 5.84. The van der Waals surface area contributed by atoms with Crippen LogP contribution in [-0.4, -0.2) is 13.1 Å². The molecule has 2 heterocycles. The maximum absolute atomic E-state index is 3.40. The minimum absolute atomic E-state index is 0. The average Bonchev–Trinajstić information content (AvgIpc) is 2.63. The minimum Gasteiger partial charge on any atom is -0.316 e. The predicted molar refractivity (Wildman–Crippen MR) is 61.0 cm³/mol. The molecule has 0 spiro atoms. The lowest BCUT2D eigenvalue weighted by atomic mass is 10.0. The number of aryl methyl sites for hydroxylation is 1. The van der Waals surface area contributed by atoms with Gasteiger partial charge in [-0.05, 0) is 50.9 Å². The quantitative estimate of drug-likeness (QED) is 0.803. The summed E-state index contributed by atoms with van der Waals surface area (Å²) in [5.41, 5.74) is 0. The standard InChI is InChI=1S/C10H15NS.ClH/c1-8-2-3-10(12-8)6-9-4-5-11-7-9;/h2-3,9,11H,4-7H2,1H3;1H. The topological polar surface area (TPSA) is 12.0 Å². The molecule has 0 saturated carbocycles. The van der Waals surface area contributed by atoms with E-state index in [-0.39, 0.29) is 12.4 Å². The smallest absolute Gasteiger partial charge is 0.00513 e. The third kappa shape index (κ3) is 2.97. The molecule has 0 aliphatic carbocycles. The Morgan fingerprint density at radius 3 is 2.92 bits per heavy atom. The zero-order valence-corrected chi connectivity index (χ0v) is 9.51. The molecule has 1 N–H and O–H groups in total. The summed E-state index contributed by atoms with van der Waals surface area (Å²) >= 11 is 1.95. The van der Waals surface area contributed by atoms with Crippen LogP contribution in [0.2, 0.25) is 0 Å². The van der Waals surface area contributed by atoms with Gasteiger partial charge < -0.3 is 5.32 Å². The van der Waals surface area contributed by atoms with Crippen molar-refractivity contribution in [3.8, 4) is 0 Å². The van der Waals surface area contributed by atoms with Gasteiger partial charge in [-0.15, -0.1) is 23.7 Å². The molecule has 0 radical (unpaired) electrons. The van der Waals surface area contributed by atoms with Crippen LogP contribution in [0.3, 0.4) is 0 Å². The zero-order valence-electron chi connectivity index (χ0n) is 7.88. The van der Waals surface area contributed by atoms with Crippen LogP contribution in [-0.2, 0) is 6.42 Å². The van der Waals surface area contributed by atoms with Crippen LogP contribution in [0.15, 0.2) is 12.1 Å². The van der Waals surface area contributed by atoms with Gasteiger partial charge >= 0.3 is 0 Å². The zero-order chi connectivity index (χ0) is 8.39. The highest BCUT2D eigenvalue weighted by Gasteiger charge is 2.15. The highest BCUT2D eigenvalue weighted by Crippen LogP contribution is 2.21. The first kappa shape index (κ1) is 11.0. The number of hydrogen-bond donors (Lipinski definition) is 1. The van der Waals surface area contributed by atoms with Crippen molar-refractivity contribution in [3.05, 3.63) is 21.9 Å². The molecule has 1 atom stereocenters. The van der Waals surface area contributed by atoms with Crippen molar-refractivity contribution < 1.29 is 0 Å². The fourth-order valence-corrected chi connectivity index (χ4v) is 2.77. The Morgan fingerprint density at radius 2 is 2.38 bits per heavy atom. The molecule has 0 bridgehead atoms. The third-order valence-corrected chi connectivity index (χ3v) is 3.47. The van der Waals surface area contributed by atoms with E-state index in [1.807, 2.05) is 11.3 Å². The van der Waals surface area contributed by atoms with E-state index in [1.165, 1.54) is 30.8 Å². The summed E-state index contributed by atoms with van der Waals surface area (Å²) in [5, 5.41) is 3.40. The molecular weight excluding hydrogens is 202 g/mol. The fourth-order valence-electron chi connectivity index (χ4n) is 1.77. The molecule has 13 heavy (non-hydrogen) atoms. The molecule has 0 aromatic carbocycles. The summed E-state index contributed by atoms with van der Waals surface area (Å²) in [4.78, 5) is 3.00. The van der Waals surface area contributed by atoms with E-state index in [0.717, 1.165) is 5.92 Å². The van der Waals surface area contributed by atoms with Gasteiger partial charge in [0.2, 0.25) is 0 Å². The van der Waals surface area contributed by atoms with E-state index in [2.05, 4.69) is 24.4 Å². The monoisotopic (exact) mass is 217 g/mol. The van der Waals surface area contributed by atoms with Crippen LogP contribution >= 0.6 is 23.7 Å². The molecule has 2 rings (SSSR count). The van der Waals surface area contributed by atoms with Crippen LogP contribution in [0.5, 0.6) is 0 Å². The van der Waals surface area contributed by atoms with E-state index in [4.69, 9.17) is 0 Å². The maximum atomic E-state index is 3.40. The molecule has 1 fully saturated rings. The van der Waals surface area contributed by atoms with Crippen LogP contribution < -0.4 is 5.32 Å². The van der Waals surface area contributed by atoms with Crippen LogP contribution in [0.1, 0.15) is 16.2 Å². The van der Waals surface area contributed by atoms with E-state index in [9.17, 15) is 0 Å². The number of hydrogen-bond acceptors (Lipinski definition) is 2. The summed E-state index contributed by atoms with van der Waals surface area (Å²) in [5.74, 6) is 0.892. The molecule has 1 nitrogen and oxygen atoms in total. The molecule has 0 amide bonds. The van der Waals surface area contributed by atoms with E-state index < -0.39 is 0 Å². The Kier molecular flexibility index (Phi) is 4.23. The first-order valence-corrected chi connectivity index (χ1v) is 5.42. The van der Waals surface area contributed by atoms with E-state index in [1.54, 1.807) is 4.88 Å². The number of nitrogens with one attached hydrogen (secondary N) is 1. The highest BCUT2D eigenvalue weighted by atomic mass is 35.5. The Bertz CT molecular complexity index is 253. The van der Waals surface area contributed by atoms with Crippen LogP contribution in [0.4, 0.5) is 0 Å². The second kappa shape index (κ2) is 4.99. The molecule has 1 aromatic heterocycles. The van der Waals surface area contributed by atoms with Crippen LogP contribution in [0.25, 0.3) is 0 Å². The average molecular weight is 218 g/mol. The predicted octanol–water partition coefficient (Wildman–Crippen LogP) is 2.63. The SMILES string of the molecule is Cc1ccc(CC2CCNC2)s1.Cl. The van der Waals surface area contributed by atoms with Crippen molar-refractivity contribution >= 4 is 23.7 Å². The van der Waals surface area contributed by atoms with E-state index >= 15 is 0 Å². The van der Waals surface area contributed by atoms with Gasteiger partial charge in [-0.25, -0.2) is 0 Å². The Morgan fingerprint density at radius 1 is 1.54 bits per heavy atom. The number of rotatable bonds is 2. The Balaban J connectivity index is 0.000000845. The summed E-state index contributed by atoms with van der Waals surface area (Å²) in [6, 6.07) is 4.50. The Labute approximate surface area is 90.0 Å². The largest absolute Gasteiger partial charge is 0.316 e. The van der Waals surface area contributed by atoms with Gasteiger partial charge in [0.05, 0.1) is 0 Å². The van der Waals surface area contributed by atoms with Gasteiger partial charge in [0.15, 0.2) is 0 Å². The minimum atomic E-state index is 0. The Hall–Kier alpha value is -0.0500. The summed E-state index contributed by atoms with van der Waals surface area (Å²) in [6.07, 6.45) is 2.64. The van der Waals surface area contributed by atoms with Crippen molar-refractivity contribution in [1.82, 2.24) is 5.32 Å². The molecule has 1 aliphatic rings. The molecule has 1 aromatic rings. The first-order valence-electron chi connectivity index (χ1n) is 4.60. The number of thiophene rings is 1. The van der Waals surface area contributed by atoms with Gasteiger partial charge in [0.25, 0.3) is 0 Å². The second-order valence-corrected chi connectivity index (χ2v) is 4.95. The van der Waals surface area contributed by atoms with Gasteiger partial charge in [0, 0.05) is 9.75 Å². The lowest BCUT2D eigenvalue weighted by Gasteiger charge is -2.04. The summed E-state index contributed by atoms with van der Waals surface area (Å²) in [7, 11) is 0. The number of halogens is 1. The third-order valence-electron chi connectivity index (χ3n) is 2.45. The molecule has 3 heteroatoms. The van der Waals surface area contributed by atoms with Gasteiger partial charge in [0.1, 0.15) is 0 Å². The lowest BCUT2D eigenvalue weighted by Crippen LogP contribution is -2.10.